The SMILES string of the molecule is C=CCC(C(=O)OCC)(C1CCCCC1)N(CC)c1ccc(OC)cc1. The van der Waals surface area contributed by atoms with Crippen molar-refractivity contribution in [1.82, 2.24) is 0 Å². The van der Waals surface area contributed by atoms with Crippen LogP contribution in [0.4, 0.5) is 5.69 Å². The number of carbonyl (C=O) groups is 1. The lowest BCUT2D eigenvalue weighted by atomic mass is 9.71. The third kappa shape index (κ3) is 4.05. The maximum absolute atomic E-state index is 13.3. The predicted molar refractivity (Wildman–Crippen MR) is 107 cm³/mol. The van der Waals surface area contributed by atoms with E-state index in [0.29, 0.717) is 13.0 Å². The zero-order valence-corrected chi connectivity index (χ0v) is 16.5. The third-order valence-corrected chi connectivity index (χ3v) is 5.55. The molecular formula is C22H33NO3. The number of likely N-dealkylation sites (N-methyl/N-ethyl adjacent to an activating group) is 1. The van der Waals surface area contributed by atoms with Gasteiger partial charge in [0, 0.05) is 12.2 Å². The van der Waals surface area contributed by atoms with Crippen LogP contribution in [0.25, 0.3) is 0 Å². The van der Waals surface area contributed by atoms with Crippen LogP contribution in [0.5, 0.6) is 5.75 Å². The van der Waals surface area contributed by atoms with Gasteiger partial charge in [0.1, 0.15) is 11.3 Å². The molecule has 0 N–H and O–H groups in total. The quantitative estimate of drug-likeness (QED) is 0.460. The first-order valence-electron chi connectivity index (χ1n) is 9.83. The van der Waals surface area contributed by atoms with Crippen LogP contribution in [0.1, 0.15) is 52.4 Å². The van der Waals surface area contributed by atoms with Crippen LogP contribution in [0, 0.1) is 5.92 Å². The van der Waals surface area contributed by atoms with E-state index in [9.17, 15) is 4.79 Å². The summed E-state index contributed by atoms with van der Waals surface area (Å²) in [4.78, 5) is 15.5. The lowest BCUT2D eigenvalue weighted by Crippen LogP contribution is -2.60. The van der Waals surface area contributed by atoms with Crippen molar-refractivity contribution < 1.29 is 14.3 Å². The molecule has 2 rings (SSSR count). The van der Waals surface area contributed by atoms with E-state index in [1.54, 1.807) is 7.11 Å². The summed E-state index contributed by atoms with van der Waals surface area (Å²) in [6, 6.07) is 7.95. The van der Waals surface area contributed by atoms with E-state index in [4.69, 9.17) is 9.47 Å². The molecule has 144 valence electrons. The summed E-state index contributed by atoms with van der Waals surface area (Å²) in [7, 11) is 1.66. The number of esters is 1. The molecule has 1 aromatic rings. The molecule has 4 heteroatoms. The molecule has 1 aliphatic carbocycles. The van der Waals surface area contributed by atoms with Gasteiger partial charge in [0.05, 0.1) is 13.7 Å². The fourth-order valence-electron chi connectivity index (χ4n) is 4.37. The van der Waals surface area contributed by atoms with E-state index in [1.165, 1.54) is 19.3 Å². The summed E-state index contributed by atoms with van der Waals surface area (Å²) >= 11 is 0. The van der Waals surface area contributed by atoms with E-state index in [-0.39, 0.29) is 11.9 Å². The maximum atomic E-state index is 13.3. The zero-order chi connectivity index (χ0) is 19.0. The second kappa shape index (κ2) is 9.65. The Hall–Kier alpha value is -1.97. The van der Waals surface area contributed by atoms with Gasteiger partial charge in [-0.25, -0.2) is 4.79 Å². The molecule has 0 saturated heterocycles. The number of methoxy groups -OCH3 is 1. The lowest BCUT2D eigenvalue weighted by molar-refractivity contribution is -0.152. The van der Waals surface area contributed by atoms with Crippen molar-refractivity contribution in [3.8, 4) is 5.75 Å². The smallest absolute Gasteiger partial charge is 0.332 e. The van der Waals surface area contributed by atoms with E-state index >= 15 is 0 Å². The van der Waals surface area contributed by atoms with Gasteiger partial charge in [-0.3, -0.25) is 0 Å². The Labute approximate surface area is 158 Å². The van der Waals surface area contributed by atoms with Crippen molar-refractivity contribution in [1.29, 1.82) is 0 Å². The zero-order valence-electron chi connectivity index (χ0n) is 16.5. The number of hydrogen-bond donors (Lipinski definition) is 0. The largest absolute Gasteiger partial charge is 0.497 e. The Morgan fingerprint density at radius 1 is 1.23 bits per heavy atom. The third-order valence-electron chi connectivity index (χ3n) is 5.55. The highest BCUT2D eigenvalue weighted by molar-refractivity contribution is 5.86. The predicted octanol–water partition coefficient (Wildman–Crippen LogP) is 4.98. The molecule has 0 spiro atoms. The van der Waals surface area contributed by atoms with Crippen molar-refractivity contribution >= 4 is 11.7 Å². The topological polar surface area (TPSA) is 38.8 Å². The van der Waals surface area contributed by atoms with Gasteiger partial charge < -0.3 is 14.4 Å². The molecule has 1 unspecified atom stereocenters. The summed E-state index contributed by atoms with van der Waals surface area (Å²) in [6.07, 6.45) is 8.16. The molecule has 1 aliphatic rings. The minimum atomic E-state index is -0.693. The van der Waals surface area contributed by atoms with Crippen molar-refractivity contribution in [3.05, 3.63) is 36.9 Å². The van der Waals surface area contributed by atoms with Crippen LogP contribution in [0.2, 0.25) is 0 Å². The van der Waals surface area contributed by atoms with Crippen LogP contribution in [0.3, 0.4) is 0 Å². The molecule has 1 aromatic carbocycles. The lowest BCUT2D eigenvalue weighted by Gasteiger charge is -2.48. The summed E-state index contributed by atoms with van der Waals surface area (Å²) in [5.41, 5.74) is 0.329. The summed E-state index contributed by atoms with van der Waals surface area (Å²) in [5.74, 6) is 0.966. The van der Waals surface area contributed by atoms with Gasteiger partial charge in [-0.05, 0) is 63.3 Å². The van der Waals surface area contributed by atoms with Crippen molar-refractivity contribution in [2.24, 2.45) is 5.92 Å². The van der Waals surface area contributed by atoms with Crippen LogP contribution in [-0.4, -0.2) is 31.8 Å². The van der Waals surface area contributed by atoms with Crippen molar-refractivity contribution in [2.45, 2.75) is 57.9 Å². The minimum absolute atomic E-state index is 0.121. The van der Waals surface area contributed by atoms with Gasteiger partial charge in [-0.2, -0.15) is 0 Å². The minimum Gasteiger partial charge on any atom is -0.497 e. The number of carbonyl (C=O) groups excluding carboxylic acids is 1. The van der Waals surface area contributed by atoms with Gasteiger partial charge in [-0.15, -0.1) is 6.58 Å². The van der Waals surface area contributed by atoms with Crippen LogP contribution in [-0.2, 0) is 9.53 Å². The van der Waals surface area contributed by atoms with Crippen LogP contribution < -0.4 is 9.64 Å². The van der Waals surface area contributed by atoms with Crippen molar-refractivity contribution in [2.75, 3.05) is 25.2 Å². The van der Waals surface area contributed by atoms with Gasteiger partial charge >= 0.3 is 5.97 Å². The van der Waals surface area contributed by atoms with Gasteiger partial charge in [0.2, 0.25) is 0 Å². The van der Waals surface area contributed by atoms with Gasteiger partial charge in [-0.1, -0.05) is 25.3 Å². The number of rotatable bonds is 9. The van der Waals surface area contributed by atoms with E-state index in [2.05, 4.69) is 18.4 Å². The average Bonchev–Trinajstić information content (AvgIpc) is 2.69. The second-order valence-electron chi connectivity index (χ2n) is 6.91. The molecule has 0 aliphatic heterocycles. The molecule has 4 nitrogen and oxygen atoms in total. The highest BCUT2D eigenvalue weighted by atomic mass is 16.5. The molecule has 1 saturated carbocycles. The molecular weight excluding hydrogens is 326 g/mol. The molecule has 0 radical (unpaired) electrons. The molecule has 0 amide bonds. The standard InChI is InChI=1S/C22H33NO3/c1-5-17-22(21(24)26-7-3,18-11-9-8-10-12-18)23(6-2)19-13-15-20(25-4)16-14-19/h5,13-16,18H,1,6-12,17H2,2-4H3. The monoisotopic (exact) mass is 359 g/mol. The first-order chi connectivity index (χ1) is 12.6. The highest BCUT2D eigenvalue weighted by Crippen LogP contribution is 2.42. The van der Waals surface area contributed by atoms with Crippen molar-refractivity contribution in [3.63, 3.8) is 0 Å². The number of anilines is 1. The van der Waals surface area contributed by atoms with E-state index in [1.807, 2.05) is 37.3 Å². The Kier molecular flexibility index (Phi) is 7.55. The Morgan fingerprint density at radius 3 is 2.38 bits per heavy atom. The first kappa shape index (κ1) is 20.3. The summed E-state index contributed by atoms with van der Waals surface area (Å²) in [5, 5.41) is 0. The Balaban J connectivity index is 2.52. The summed E-state index contributed by atoms with van der Waals surface area (Å²) < 4.78 is 10.9. The molecule has 26 heavy (non-hydrogen) atoms. The van der Waals surface area contributed by atoms with Crippen LogP contribution in [0.15, 0.2) is 36.9 Å². The van der Waals surface area contributed by atoms with Gasteiger partial charge in [0.25, 0.3) is 0 Å². The average molecular weight is 360 g/mol. The summed E-state index contributed by atoms with van der Waals surface area (Å²) in [6.45, 7) is 9.07. The highest BCUT2D eigenvalue weighted by Gasteiger charge is 2.50. The normalized spacial score (nSPS) is 17.2. The fraction of sp³-hybridized carbons (Fsp3) is 0.591. The first-order valence-corrected chi connectivity index (χ1v) is 9.83. The van der Waals surface area contributed by atoms with Gasteiger partial charge in [0.15, 0.2) is 0 Å². The molecule has 1 atom stereocenters. The number of benzene rings is 1. The molecule has 0 heterocycles. The Bertz CT molecular complexity index is 578. The fourth-order valence-corrected chi connectivity index (χ4v) is 4.37. The van der Waals surface area contributed by atoms with E-state index < -0.39 is 5.54 Å². The number of ether oxygens (including phenoxy) is 2. The number of nitrogens with zero attached hydrogens (tertiary/aromatic N) is 1. The maximum Gasteiger partial charge on any atom is 0.332 e. The second-order valence-corrected chi connectivity index (χ2v) is 6.91. The molecule has 1 fully saturated rings. The molecule has 0 aromatic heterocycles. The van der Waals surface area contributed by atoms with Crippen LogP contribution >= 0.6 is 0 Å². The van der Waals surface area contributed by atoms with E-state index in [0.717, 1.165) is 30.8 Å². The Morgan fingerprint density at radius 2 is 1.88 bits per heavy atom. The number of hydrogen-bond acceptors (Lipinski definition) is 4. The molecule has 0 bridgehead atoms.